The molecule has 2 aromatic rings. The van der Waals surface area contributed by atoms with Crippen molar-refractivity contribution in [3.8, 4) is 0 Å². The molecule has 0 aromatic heterocycles. The third kappa shape index (κ3) is 6.11. The quantitative estimate of drug-likeness (QED) is 0.863. The molecule has 0 radical (unpaired) electrons. The minimum absolute atomic E-state index is 0. The molecule has 2 rings (SSSR count). The summed E-state index contributed by atoms with van der Waals surface area (Å²) < 4.78 is 0. The maximum absolute atomic E-state index is 7.89. The number of aryl methyl sites for hydroxylation is 1. The van der Waals surface area contributed by atoms with E-state index in [1.165, 1.54) is 5.56 Å². The van der Waals surface area contributed by atoms with Crippen LogP contribution in [-0.4, -0.2) is 12.1 Å². The van der Waals surface area contributed by atoms with E-state index in [2.05, 4.69) is 55.7 Å². The van der Waals surface area contributed by atoms with Crippen molar-refractivity contribution in [3.05, 3.63) is 59.8 Å². The first-order valence-corrected chi connectivity index (χ1v) is 6.86. The van der Waals surface area contributed by atoms with Crippen molar-refractivity contribution in [2.75, 3.05) is 17.2 Å². The number of nitrogens with one attached hydrogen (secondary N) is 3. The molecule has 0 aliphatic heterocycles. The molecule has 0 aliphatic carbocycles. The van der Waals surface area contributed by atoms with E-state index >= 15 is 0 Å². The molecule has 3 N–H and O–H groups in total. The molecule has 0 aliphatic rings. The molecule has 106 valence electrons. The molecule has 21 heavy (non-hydrogen) atoms. The first-order chi connectivity index (χ1) is 9.46. The summed E-state index contributed by atoms with van der Waals surface area (Å²) in [6.07, 6.45) is 0. The molecule has 0 saturated carbocycles. The Hall–Kier alpha value is -0.355. The van der Waals surface area contributed by atoms with Gasteiger partial charge in [-0.05, 0) is 39.0 Å². The van der Waals surface area contributed by atoms with Crippen LogP contribution in [0.25, 0.3) is 5.73 Å². The largest absolute Gasteiger partial charge is 1.00 e. The predicted octanol–water partition coefficient (Wildman–Crippen LogP) is 1.99. The monoisotopic (exact) mass is 353 g/mol. The number of anilines is 2. The molecule has 0 spiro atoms. The van der Waals surface area contributed by atoms with Gasteiger partial charge in [0.15, 0.2) is 0 Å². The van der Waals surface area contributed by atoms with E-state index in [0.717, 1.165) is 17.9 Å². The molecule has 0 bridgehead atoms. The Morgan fingerprint density at radius 3 is 2.24 bits per heavy atom. The van der Waals surface area contributed by atoms with Gasteiger partial charge in [-0.15, -0.1) is 5.69 Å². The molecule has 0 atom stereocenters. The summed E-state index contributed by atoms with van der Waals surface area (Å²) in [4.78, 5) is 0. The number of benzene rings is 2. The van der Waals surface area contributed by atoms with E-state index in [1.807, 2.05) is 18.2 Å². The van der Waals surface area contributed by atoms with E-state index in [0.29, 0.717) is 5.69 Å². The summed E-state index contributed by atoms with van der Waals surface area (Å²) in [7, 11) is 0. The molecule has 0 amide bonds. The SMILES string of the molecule is Cc1ccc(NCC(C)(C)Nc2ccccc2[NH-])cc1.[Rb+]. The number of rotatable bonds is 5. The van der Waals surface area contributed by atoms with Crippen LogP contribution in [0.2, 0.25) is 0 Å². The number of hydrogen-bond acceptors (Lipinski definition) is 2. The second kappa shape index (κ2) is 8.32. The van der Waals surface area contributed by atoms with Crippen molar-refractivity contribution >= 4 is 17.1 Å². The fourth-order valence-electron chi connectivity index (χ4n) is 2.00. The van der Waals surface area contributed by atoms with E-state index in [-0.39, 0.29) is 63.7 Å². The molecule has 0 saturated heterocycles. The second-order valence-electron chi connectivity index (χ2n) is 5.77. The fourth-order valence-corrected chi connectivity index (χ4v) is 2.00. The predicted molar refractivity (Wildman–Crippen MR) is 87.8 cm³/mol. The molecule has 0 unspecified atom stereocenters. The van der Waals surface area contributed by atoms with Crippen molar-refractivity contribution in [1.29, 1.82) is 0 Å². The molecular formula is C17H22N3Rb. The summed E-state index contributed by atoms with van der Waals surface area (Å²) in [6, 6.07) is 15.9. The van der Waals surface area contributed by atoms with Gasteiger partial charge in [0.2, 0.25) is 0 Å². The summed E-state index contributed by atoms with van der Waals surface area (Å²) in [5.41, 5.74) is 11.5. The van der Waals surface area contributed by atoms with Crippen molar-refractivity contribution in [3.63, 3.8) is 0 Å². The van der Waals surface area contributed by atoms with E-state index in [4.69, 9.17) is 5.73 Å². The molecule has 3 nitrogen and oxygen atoms in total. The fraction of sp³-hybridized carbons (Fsp3) is 0.294. The van der Waals surface area contributed by atoms with E-state index in [1.54, 1.807) is 6.07 Å². The van der Waals surface area contributed by atoms with Gasteiger partial charge in [-0.2, -0.15) is 0 Å². The van der Waals surface area contributed by atoms with Crippen molar-refractivity contribution < 1.29 is 58.2 Å². The Morgan fingerprint density at radius 1 is 1.00 bits per heavy atom. The minimum Gasteiger partial charge on any atom is -0.697 e. The van der Waals surface area contributed by atoms with Crippen LogP contribution in [0.15, 0.2) is 48.5 Å². The van der Waals surface area contributed by atoms with Gasteiger partial charge in [-0.25, -0.2) is 0 Å². The number of hydrogen-bond donors (Lipinski definition) is 2. The van der Waals surface area contributed by atoms with Crippen LogP contribution >= 0.6 is 0 Å². The Morgan fingerprint density at radius 2 is 1.62 bits per heavy atom. The van der Waals surface area contributed by atoms with Gasteiger partial charge in [0.05, 0.1) is 0 Å². The maximum atomic E-state index is 7.89. The van der Waals surface area contributed by atoms with Crippen molar-refractivity contribution in [2.45, 2.75) is 26.3 Å². The van der Waals surface area contributed by atoms with Gasteiger partial charge in [-0.1, -0.05) is 35.9 Å². The molecule has 4 heteroatoms. The summed E-state index contributed by atoms with van der Waals surface area (Å²) in [6.45, 7) is 7.12. The third-order valence-corrected chi connectivity index (χ3v) is 3.19. The first-order valence-electron chi connectivity index (χ1n) is 6.86. The van der Waals surface area contributed by atoms with Gasteiger partial charge >= 0.3 is 58.2 Å². The standard InChI is InChI=1S/C17H22N3.Rb/c1-13-8-10-14(11-9-13)19-12-17(2,3)20-16-7-5-4-6-15(16)18;/h4-11,18-20H,12H2,1-3H3;/q-1;+1. The average Bonchev–Trinajstić information content (AvgIpc) is 2.41. The van der Waals surface area contributed by atoms with Crippen LogP contribution in [0, 0.1) is 6.92 Å². The zero-order chi connectivity index (χ0) is 14.6. The molecule has 2 aromatic carbocycles. The van der Waals surface area contributed by atoms with E-state index in [9.17, 15) is 0 Å². The van der Waals surface area contributed by atoms with Gasteiger partial charge in [0, 0.05) is 23.5 Å². The molecule has 0 heterocycles. The number of para-hydroxylation sites is 1. The Kier molecular flexibility index (Phi) is 7.41. The first kappa shape index (κ1) is 18.7. The molecule has 0 fully saturated rings. The van der Waals surface area contributed by atoms with Crippen LogP contribution in [0.4, 0.5) is 17.1 Å². The van der Waals surface area contributed by atoms with Crippen LogP contribution < -0.4 is 68.8 Å². The summed E-state index contributed by atoms with van der Waals surface area (Å²) in [5, 5.41) is 6.85. The average molecular weight is 354 g/mol. The van der Waals surface area contributed by atoms with Gasteiger partial charge in [0.25, 0.3) is 0 Å². The minimum atomic E-state index is -0.137. The van der Waals surface area contributed by atoms with Crippen molar-refractivity contribution in [2.24, 2.45) is 0 Å². The summed E-state index contributed by atoms with van der Waals surface area (Å²) >= 11 is 0. The van der Waals surface area contributed by atoms with Crippen LogP contribution in [0.5, 0.6) is 0 Å². The van der Waals surface area contributed by atoms with Gasteiger partial charge < -0.3 is 16.4 Å². The summed E-state index contributed by atoms with van der Waals surface area (Å²) in [5.74, 6) is 0. The van der Waals surface area contributed by atoms with Gasteiger partial charge in [0.1, 0.15) is 0 Å². The Labute approximate surface area is 176 Å². The normalized spacial score (nSPS) is 10.6. The maximum Gasteiger partial charge on any atom is 1.00 e. The smallest absolute Gasteiger partial charge is 0.697 e. The van der Waals surface area contributed by atoms with Crippen LogP contribution in [-0.2, 0) is 0 Å². The topological polar surface area (TPSA) is 47.9 Å². The van der Waals surface area contributed by atoms with Gasteiger partial charge in [-0.3, -0.25) is 0 Å². The third-order valence-electron chi connectivity index (χ3n) is 3.19. The zero-order valence-electron chi connectivity index (χ0n) is 13.3. The zero-order valence-corrected chi connectivity index (χ0v) is 18.2. The van der Waals surface area contributed by atoms with Crippen LogP contribution in [0.1, 0.15) is 19.4 Å². The molecular weight excluding hydrogens is 332 g/mol. The Bertz CT molecular complexity index is 565. The van der Waals surface area contributed by atoms with E-state index < -0.39 is 0 Å². The van der Waals surface area contributed by atoms with Crippen molar-refractivity contribution in [1.82, 2.24) is 0 Å². The van der Waals surface area contributed by atoms with Crippen LogP contribution in [0.3, 0.4) is 0 Å². The second-order valence-corrected chi connectivity index (χ2v) is 5.77. The Balaban J connectivity index is 0.00000220.